The predicted molar refractivity (Wildman–Crippen MR) is 78.6 cm³/mol. The maximum atomic E-state index is 12.3. The molecule has 1 rings (SSSR count). The highest BCUT2D eigenvalue weighted by molar-refractivity contribution is 5.83. The Morgan fingerprint density at radius 1 is 1.30 bits per heavy atom. The van der Waals surface area contributed by atoms with Crippen molar-refractivity contribution < 1.29 is 14.7 Å². The van der Waals surface area contributed by atoms with Crippen molar-refractivity contribution in [3.05, 3.63) is 0 Å². The third kappa shape index (κ3) is 5.02. The van der Waals surface area contributed by atoms with Gasteiger partial charge >= 0.3 is 12.0 Å². The van der Waals surface area contributed by atoms with Gasteiger partial charge in [0.05, 0.1) is 0 Å². The van der Waals surface area contributed by atoms with Crippen LogP contribution in [0.5, 0.6) is 0 Å². The van der Waals surface area contributed by atoms with E-state index in [4.69, 9.17) is 0 Å². The zero-order valence-corrected chi connectivity index (χ0v) is 13.1. The summed E-state index contributed by atoms with van der Waals surface area (Å²) < 4.78 is 0. The molecule has 0 aromatic rings. The maximum absolute atomic E-state index is 12.3. The second-order valence-corrected chi connectivity index (χ2v) is 6.26. The van der Waals surface area contributed by atoms with Crippen LogP contribution in [0.25, 0.3) is 0 Å². The van der Waals surface area contributed by atoms with E-state index in [1.54, 1.807) is 0 Å². The van der Waals surface area contributed by atoms with Crippen LogP contribution in [0.2, 0.25) is 0 Å². The molecule has 116 valence electrons. The van der Waals surface area contributed by atoms with Gasteiger partial charge in [0.25, 0.3) is 0 Å². The first-order chi connectivity index (χ1) is 9.36. The van der Waals surface area contributed by atoms with E-state index in [2.05, 4.69) is 19.2 Å². The van der Waals surface area contributed by atoms with Gasteiger partial charge in [-0.2, -0.15) is 0 Å². The van der Waals surface area contributed by atoms with Crippen LogP contribution in [0.3, 0.4) is 0 Å². The third-order valence-electron chi connectivity index (χ3n) is 3.95. The minimum Gasteiger partial charge on any atom is -0.480 e. The molecule has 0 aliphatic heterocycles. The van der Waals surface area contributed by atoms with E-state index in [0.29, 0.717) is 18.5 Å². The van der Waals surface area contributed by atoms with Crippen LogP contribution in [-0.4, -0.2) is 40.6 Å². The van der Waals surface area contributed by atoms with Gasteiger partial charge in [0.2, 0.25) is 0 Å². The summed E-state index contributed by atoms with van der Waals surface area (Å²) in [4.78, 5) is 25.4. The number of urea groups is 1. The van der Waals surface area contributed by atoms with Crippen LogP contribution in [0, 0.1) is 11.8 Å². The van der Waals surface area contributed by atoms with E-state index < -0.39 is 12.0 Å². The van der Waals surface area contributed by atoms with Gasteiger partial charge in [0.1, 0.15) is 6.04 Å². The fraction of sp³-hybridized carbons (Fsp3) is 0.867. The summed E-state index contributed by atoms with van der Waals surface area (Å²) in [5.74, 6) is -0.483. The number of hydrogen-bond donors (Lipinski definition) is 2. The predicted octanol–water partition coefficient (Wildman–Crippen LogP) is 2.71. The molecule has 2 amide bonds. The molecule has 0 bridgehead atoms. The van der Waals surface area contributed by atoms with Crippen LogP contribution in [0.1, 0.15) is 53.4 Å². The molecule has 0 aromatic carbocycles. The molecule has 0 aromatic heterocycles. The monoisotopic (exact) mass is 284 g/mol. The van der Waals surface area contributed by atoms with Crippen LogP contribution in [-0.2, 0) is 4.79 Å². The summed E-state index contributed by atoms with van der Waals surface area (Å²) >= 11 is 0. The number of amides is 2. The number of carboxylic acids is 1. The van der Waals surface area contributed by atoms with Gasteiger partial charge in [0, 0.05) is 12.6 Å². The molecule has 5 nitrogen and oxygen atoms in total. The molecule has 1 aliphatic carbocycles. The van der Waals surface area contributed by atoms with Crippen LogP contribution in [0.15, 0.2) is 0 Å². The molecule has 0 heterocycles. The van der Waals surface area contributed by atoms with Crippen LogP contribution < -0.4 is 5.32 Å². The van der Waals surface area contributed by atoms with E-state index >= 15 is 0 Å². The standard InChI is InChI=1S/C15H28N2O3/c1-5-11(4)13(14(18)19)16-15(20)17(12-6-7-12)9-8-10(2)3/h10-13H,5-9H2,1-4H3,(H,16,20)(H,18,19)/t11-,13-/m0/s1. The van der Waals surface area contributed by atoms with Crippen molar-refractivity contribution in [2.45, 2.75) is 65.5 Å². The van der Waals surface area contributed by atoms with Crippen molar-refractivity contribution in [2.75, 3.05) is 6.54 Å². The Morgan fingerprint density at radius 2 is 1.90 bits per heavy atom. The molecule has 5 heteroatoms. The van der Waals surface area contributed by atoms with E-state index in [1.165, 1.54) is 0 Å². The molecular formula is C15H28N2O3. The highest BCUT2D eigenvalue weighted by atomic mass is 16.4. The summed E-state index contributed by atoms with van der Waals surface area (Å²) in [6, 6.07) is -0.714. The number of carbonyl (C=O) groups excluding carboxylic acids is 1. The Balaban J connectivity index is 2.61. The van der Waals surface area contributed by atoms with Crippen molar-refractivity contribution in [1.29, 1.82) is 0 Å². The fourth-order valence-corrected chi connectivity index (χ4v) is 2.13. The Labute approximate surface area is 121 Å². The molecular weight excluding hydrogens is 256 g/mol. The van der Waals surface area contributed by atoms with E-state index in [-0.39, 0.29) is 11.9 Å². The summed E-state index contributed by atoms with van der Waals surface area (Å²) in [7, 11) is 0. The zero-order valence-electron chi connectivity index (χ0n) is 13.1. The first kappa shape index (κ1) is 16.8. The molecule has 2 N–H and O–H groups in total. The van der Waals surface area contributed by atoms with Crippen molar-refractivity contribution in [3.63, 3.8) is 0 Å². The fourth-order valence-electron chi connectivity index (χ4n) is 2.13. The molecule has 0 unspecified atom stereocenters. The Morgan fingerprint density at radius 3 is 2.30 bits per heavy atom. The normalized spacial score (nSPS) is 17.6. The average molecular weight is 284 g/mol. The highest BCUT2D eigenvalue weighted by Gasteiger charge is 2.35. The number of rotatable bonds is 8. The maximum Gasteiger partial charge on any atom is 0.326 e. The topological polar surface area (TPSA) is 69.6 Å². The quantitative estimate of drug-likeness (QED) is 0.720. The first-order valence-electron chi connectivity index (χ1n) is 7.66. The minimum absolute atomic E-state index is 0.0670. The van der Waals surface area contributed by atoms with E-state index in [1.807, 2.05) is 18.7 Å². The van der Waals surface area contributed by atoms with Gasteiger partial charge in [-0.25, -0.2) is 9.59 Å². The molecule has 0 saturated heterocycles. The lowest BCUT2D eigenvalue weighted by Crippen LogP contribution is -2.51. The average Bonchev–Trinajstić information content (AvgIpc) is 3.19. The molecule has 1 fully saturated rings. The number of nitrogens with one attached hydrogen (secondary N) is 1. The van der Waals surface area contributed by atoms with Crippen molar-refractivity contribution in [1.82, 2.24) is 10.2 Å². The zero-order chi connectivity index (χ0) is 15.3. The smallest absolute Gasteiger partial charge is 0.326 e. The molecule has 2 atom stereocenters. The SMILES string of the molecule is CC[C@H](C)[C@H](NC(=O)N(CCC(C)C)C1CC1)C(=O)O. The number of hydrogen-bond acceptors (Lipinski definition) is 2. The lowest BCUT2D eigenvalue weighted by Gasteiger charge is -2.27. The second-order valence-electron chi connectivity index (χ2n) is 6.26. The number of carbonyl (C=O) groups is 2. The van der Waals surface area contributed by atoms with Crippen LogP contribution in [0.4, 0.5) is 4.79 Å². The summed E-state index contributed by atoms with van der Waals surface area (Å²) in [5.41, 5.74) is 0. The molecule has 1 aliphatic rings. The van der Waals surface area contributed by atoms with E-state index in [9.17, 15) is 14.7 Å². The summed E-state index contributed by atoms with van der Waals surface area (Å²) in [6.07, 6.45) is 3.75. The molecule has 20 heavy (non-hydrogen) atoms. The van der Waals surface area contributed by atoms with Crippen molar-refractivity contribution >= 4 is 12.0 Å². The van der Waals surface area contributed by atoms with Gasteiger partial charge in [-0.15, -0.1) is 0 Å². The number of carboxylic acid groups (broad SMARTS) is 1. The molecule has 1 saturated carbocycles. The summed E-state index contributed by atoms with van der Waals surface area (Å²) in [6.45, 7) is 8.75. The molecule has 0 spiro atoms. The highest BCUT2D eigenvalue weighted by Crippen LogP contribution is 2.27. The minimum atomic E-state index is -0.952. The third-order valence-corrected chi connectivity index (χ3v) is 3.95. The summed E-state index contributed by atoms with van der Waals surface area (Å²) in [5, 5.41) is 11.9. The van der Waals surface area contributed by atoms with Crippen LogP contribution >= 0.6 is 0 Å². The Hall–Kier alpha value is -1.26. The van der Waals surface area contributed by atoms with Crippen molar-refractivity contribution in [3.8, 4) is 0 Å². The largest absolute Gasteiger partial charge is 0.480 e. The Bertz CT molecular complexity index is 340. The van der Waals surface area contributed by atoms with Gasteiger partial charge in [-0.3, -0.25) is 0 Å². The lowest BCUT2D eigenvalue weighted by molar-refractivity contribution is -0.140. The van der Waals surface area contributed by atoms with E-state index in [0.717, 1.165) is 25.7 Å². The number of nitrogens with zero attached hydrogens (tertiary/aromatic N) is 1. The Kier molecular flexibility index (Phi) is 6.30. The van der Waals surface area contributed by atoms with Gasteiger partial charge < -0.3 is 15.3 Å². The van der Waals surface area contributed by atoms with Crippen molar-refractivity contribution in [2.24, 2.45) is 11.8 Å². The molecule has 0 radical (unpaired) electrons. The second kappa shape index (κ2) is 7.50. The lowest BCUT2D eigenvalue weighted by atomic mass is 9.99. The number of aliphatic carboxylic acids is 1. The van der Waals surface area contributed by atoms with Gasteiger partial charge in [-0.1, -0.05) is 34.1 Å². The van der Waals surface area contributed by atoms with Gasteiger partial charge in [-0.05, 0) is 31.1 Å². The van der Waals surface area contributed by atoms with Gasteiger partial charge in [0.15, 0.2) is 0 Å². The first-order valence-corrected chi connectivity index (χ1v) is 7.66.